The number of carbonyl (C=O) groups is 1. The Morgan fingerprint density at radius 2 is 1.79 bits per heavy atom. The Balaban J connectivity index is 1.75. The second-order valence-electron chi connectivity index (χ2n) is 7.14. The summed E-state index contributed by atoms with van der Waals surface area (Å²) in [6.45, 7) is 1.30. The molecule has 0 fully saturated rings. The van der Waals surface area contributed by atoms with Crippen molar-refractivity contribution in [2.24, 2.45) is 5.73 Å². The lowest BCUT2D eigenvalue weighted by Gasteiger charge is -2.12. The molecule has 4 N–H and O–H groups in total. The lowest BCUT2D eigenvalue weighted by atomic mass is 10.1. The molecule has 7 nitrogen and oxygen atoms in total. The van der Waals surface area contributed by atoms with E-state index in [1.54, 1.807) is 18.2 Å². The number of halogens is 1. The lowest BCUT2D eigenvalue weighted by molar-refractivity contribution is 0.0864. The molecule has 3 rings (SSSR count). The first-order valence-electron chi connectivity index (χ1n) is 9.04. The number of guanidine groups is 1. The van der Waals surface area contributed by atoms with Crippen LogP contribution in [0.15, 0.2) is 42.5 Å². The maximum Gasteiger partial charge on any atom is 0.276 e. The fraction of sp³-hybridized carbons (Fsp3) is 0.238. The fourth-order valence-corrected chi connectivity index (χ4v) is 3.19. The van der Waals surface area contributed by atoms with Gasteiger partial charge in [0.1, 0.15) is 18.1 Å². The largest absolute Gasteiger partial charge is 0.489 e. The zero-order valence-electron chi connectivity index (χ0n) is 16.6. The first-order valence-corrected chi connectivity index (χ1v) is 9.42. The molecule has 0 aliphatic heterocycles. The van der Waals surface area contributed by atoms with Gasteiger partial charge in [-0.2, -0.15) is 0 Å². The van der Waals surface area contributed by atoms with Crippen molar-refractivity contribution in [1.82, 2.24) is 14.8 Å². The molecular formula is C21H24ClN5O2. The number of nitrogens with one attached hydrogen (secondary N) is 2. The number of amides is 1. The minimum absolute atomic E-state index is 0.299. The molecule has 0 bridgehead atoms. The number of nitrogens with two attached hydrogens (primary N) is 1. The summed E-state index contributed by atoms with van der Waals surface area (Å²) in [4.78, 5) is 18.5. The summed E-state index contributed by atoms with van der Waals surface area (Å²) >= 11 is 6.38. The van der Waals surface area contributed by atoms with Gasteiger partial charge in [-0.3, -0.25) is 15.1 Å². The number of rotatable bonds is 6. The minimum Gasteiger partial charge on any atom is -0.489 e. The lowest BCUT2D eigenvalue weighted by Crippen LogP contribution is -2.38. The first-order chi connectivity index (χ1) is 13.7. The number of nitrogens with zero attached hydrogens (tertiary/aromatic N) is 2. The molecule has 0 spiro atoms. The quantitative estimate of drug-likeness (QED) is 0.426. The maximum absolute atomic E-state index is 12.4. The predicted octanol–water partition coefficient (Wildman–Crippen LogP) is 3.43. The molecule has 0 atom stereocenters. The van der Waals surface area contributed by atoms with Gasteiger partial charge in [-0.25, -0.2) is 0 Å². The van der Waals surface area contributed by atoms with Gasteiger partial charge in [0.15, 0.2) is 5.96 Å². The van der Waals surface area contributed by atoms with Crippen LogP contribution in [0.3, 0.4) is 0 Å². The zero-order chi connectivity index (χ0) is 21.1. The third kappa shape index (κ3) is 4.88. The number of ether oxygens (including phenoxy) is 1. The van der Waals surface area contributed by atoms with Gasteiger partial charge in [-0.15, -0.1) is 0 Å². The Hall–Kier alpha value is -3.03. The van der Waals surface area contributed by atoms with Crippen molar-refractivity contribution in [3.8, 4) is 5.75 Å². The van der Waals surface area contributed by atoms with Gasteiger partial charge >= 0.3 is 0 Å². The van der Waals surface area contributed by atoms with Crippen LogP contribution in [0.1, 0.15) is 21.6 Å². The van der Waals surface area contributed by atoms with Gasteiger partial charge in [-0.1, -0.05) is 35.9 Å². The minimum atomic E-state index is -0.412. The van der Waals surface area contributed by atoms with Gasteiger partial charge in [-0.05, 0) is 37.4 Å². The van der Waals surface area contributed by atoms with Crippen LogP contribution in [0.5, 0.6) is 5.75 Å². The van der Waals surface area contributed by atoms with Gasteiger partial charge in [0.25, 0.3) is 5.91 Å². The molecule has 152 valence electrons. The number of hydrogen-bond acceptors (Lipinski definition) is 4. The second-order valence-corrected chi connectivity index (χ2v) is 7.55. The molecule has 2 aromatic carbocycles. The van der Waals surface area contributed by atoms with Crippen molar-refractivity contribution in [2.45, 2.75) is 13.2 Å². The molecule has 1 heterocycles. The number of carbonyl (C=O) groups excluding carboxylic acids is 1. The highest BCUT2D eigenvalue weighted by Gasteiger charge is 2.17. The average molecular weight is 414 g/mol. The van der Waals surface area contributed by atoms with Crippen LogP contribution < -0.4 is 10.5 Å². The summed E-state index contributed by atoms with van der Waals surface area (Å²) in [5.41, 5.74) is 8.64. The SMILES string of the molecule is CN(C)Cc1ccc(COc2cc(Cl)c3cc(C(=O)N(C)C(=N)N)[nH]c3c2)cc1. The molecular weight excluding hydrogens is 390 g/mol. The number of H-pyrrole nitrogens is 1. The second kappa shape index (κ2) is 8.55. The van der Waals surface area contributed by atoms with E-state index in [1.165, 1.54) is 12.6 Å². The highest BCUT2D eigenvalue weighted by Crippen LogP contribution is 2.30. The standard InChI is InChI=1S/C21H24ClN5O2/c1-26(2)11-13-4-6-14(7-5-13)12-29-15-8-17(22)16-10-19(25-18(16)9-15)20(28)27(3)21(23)24/h4-10,25H,11-12H2,1-3H3,(H3,23,24). The molecule has 0 saturated heterocycles. The van der Waals surface area contributed by atoms with E-state index in [0.29, 0.717) is 34.0 Å². The van der Waals surface area contributed by atoms with E-state index < -0.39 is 5.91 Å². The Kier molecular flexibility index (Phi) is 6.10. The molecule has 0 aliphatic carbocycles. The van der Waals surface area contributed by atoms with Crippen molar-refractivity contribution in [1.29, 1.82) is 5.41 Å². The summed E-state index contributed by atoms with van der Waals surface area (Å²) in [6.07, 6.45) is 0. The van der Waals surface area contributed by atoms with Crippen LogP contribution >= 0.6 is 11.6 Å². The van der Waals surface area contributed by atoms with E-state index in [1.807, 2.05) is 26.2 Å². The average Bonchev–Trinajstić information content (AvgIpc) is 3.10. The van der Waals surface area contributed by atoms with Crippen LogP contribution in [0.25, 0.3) is 10.9 Å². The van der Waals surface area contributed by atoms with Crippen molar-refractivity contribution < 1.29 is 9.53 Å². The summed E-state index contributed by atoms with van der Waals surface area (Å²) < 4.78 is 5.89. The summed E-state index contributed by atoms with van der Waals surface area (Å²) in [5, 5.41) is 8.57. The predicted molar refractivity (Wildman–Crippen MR) is 115 cm³/mol. The molecule has 1 aromatic heterocycles. The summed E-state index contributed by atoms with van der Waals surface area (Å²) in [6, 6.07) is 13.4. The van der Waals surface area contributed by atoms with Crippen LogP contribution in [-0.2, 0) is 13.2 Å². The molecule has 29 heavy (non-hydrogen) atoms. The van der Waals surface area contributed by atoms with Gasteiger partial charge in [0, 0.05) is 25.0 Å². The van der Waals surface area contributed by atoms with E-state index in [-0.39, 0.29) is 5.96 Å². The third-order valence-electron chi connectivity index (χ3n) is 4.48. The Morgan fingerprint density at radius 3 is 2.41 bits per heavy atom. The van der Waals surface area contributed by atoms with Crippen LogP contribution in [0, 0.1) is 5.41 Å². The highest BCUT2D eigenvalue weighted by molar-refractivity contribution is 6.35. The smallest absolute Gasteiger partial charge is 0.276 e. The van der Waals surface area contributed by atoms with Gasteiger partial charge < -0.3 is 20.4 Å². The van der Waals surface area contributed by atoms with Gasteiger partial charge in [0.2, 0.25) is 0 Å². The van der Waals surface area contributed by atoms with E-state index in [2.05, 4.69) is 22.0 Å². The number of aromatic nitrogens is 1. The van der Waals surface area contributed by atoms with E-state index in [9.17, 15) is 4.79 Å². The van der Waals surface area contributed by atoms with Crippen molar-refractivity contribution in [3.63, 3.8) is 0 Å². The zero-order valence-corrected chi connectivity index (χ0v) is 17.4. The third-order valence-corrected chi connectivity index (χ3v) is 4.80. The molecule has 1 amide bonds. The van der Waals surface area contributed by atoms with Crippen molar-refractivity contribution in [3.05, 3.63) is 64.3 Å². The Morgan fingerprint density at radius 1 is 1.14 bits per heavy atom. The topological polar surface area (TPSA) is 98.4 Å². The fourth-order valence-electron chi connectivity index (χ4n) is 2.93. The van der Waals surface area contributed by atoms with Gasteiger partial charge in [0.05, 0.1) is 10.5 Å². The molecule has 3 aromatic rings. The Bertz CT molecular complexity index is 1040. The van der Waals surface area contributed by atoms with Crippen LogP contribution in [0.4, 0.5) is 0 Å². The monoisotopic (exact) mass is 413 g/mol. The first kappa shape index (κ1) is 20.7. The van der Waals surface area contributed by atoms with Crippen LogP contribution in [-0.4, -0.2) is 47.8 Å². The highest BCUT2D eigenvalue weighted by atomic mass is 35.5. The van der Waals surface area contributed by atoms with Crippen molar-refractivity contribution >= 4 is 34.4 Å². The molecule has 0 radical (unpaired) electrons. The van der Waals surface area contributed by atoms with E-state index in [4.69, 9.17) is 27.5 Å². The van der Waals surface area contributed by atoms with E-state index >= 15 is 0 Å². The molecule has 0 unspecified atom stereocenters. The van der Waals surface area contributed by atoms with Crippen molar-refractivity contribution in [2.75, 3.05) is 21.1 Å². The van der Waals surface area contributed by atoms with Crippen LogP contribution in [0.2, 0.25) is 5.02 Å². The number of aromatic amines is 1. The van der Waals surface area contributed by atoms with E-state index in [0.717, 1.165) is 17.0 Å². The number of benzene rings is 2. The molecule has 8 heteroatoms. The number of hydrogen-bond donors (Lipinski definition) is 3. The Labute approximate surface area is 174 Å². The summed E-state index contributed by atoms with van der Waals surface area (Å²) in [5.74, 6) is -0.147. The summed E-state index contributed by atoms with van der Waals surface area (Å²) in [7, 11) is 5.51. The molecule has 0 saturated carbocycles. The molecule has 0 aliphatic rings. The number of fused-ring (bicyclic) bond motifs is 1. The maximum atomic E-state index is 12.4. The normalized spacial score (nSPS) is 11.1.